The van der Waals surface area contributed by atoms with Crippen molar-refractivity contribution in [1.82, 2.24) is 0 Å². The van der Waals surface area contributed by atoms with E-state index < -0.39 is 5.91 Å². The average Bonchev–Trinajstić information content (AvgIpc) is 2.51. The molecule has 0 saturated carbocycles. The molecule has 1 amide bonds. The van der Waals surface area contributed by atoms with Gasteiger partial charge in [-0.2, -0.15) is 0 Å². The van der Waals surface area contributed by atoms with Crippen LogP contribution in [0, 0.1) is 13.8 Å². The van der Waals surface area contributed by atoms with Gasteiger partial charge in [-0.05, 0) is 54.8 Å². The monoisotopic (exact) mass is 322 g/mol. The molecular formula is C19H18N2O3. The molecule has 0 aliphatic heterocycles. The van der Waals surface area contributed by atoms with E-state index in [0.29, 0.717) is 17.7 Å². The Bertz CT molecular complexity index is 990. The van der Waals surface area contributed by atoms with E-state index in [-0.39, 0.29) is 5.63 Å². The van der Waals surface area contributed by atoms with Gasteiger partial charge in [-0.3, -0.25) is 4.79 Å². The highest BCUT2D eigenvalue weighted by atomic mass is 16.4. The zero-order valence-corrected chi connectivity index (χ0v) is 13.6. The fourth-order valence-electron chi connectivity index (χ4n) is 2.73. The minimum Gasteiger partial charge on any atom is -0.423 e. The Morgan fingerprint density at radius 1 is 1.12 bits per heavy atom. The lowest BCUT2D eigenvalue weighted by Crippen LogP contribution is -2.13. The van der Waals surface area contributed by atoms with E-state index in [1.54, 1.807) is 12.1 Å². The summed E-state index contributed by atoms with van der Waals surface area (Å²) in [6.45, 7) is 4.26. The number of carbonyl (C=O) groups excluding carboxylic acids is 1. The maximum absolute atomic E-state index is 11.8. The summed E-state index contributed by atoms with van der Waals surface area (Å²) in [4.78, 5) is 23.0. The normalized spacial score (nSPS) is 10.8. The van der Waals surface area contributed by atoms with Crippen molar-refractivity contribution in [1.29, 1.82) is 0 Å². The number of primary amides is 1. The molecule has 1 heterocycles. The van der Waals surface area contributed by atoms with Crippen LogP contribution in [0.15, 0.2) is 51.7 Å². The van der Waals surface area contributed by atoms with Gasteiger partial charge in [0.05, 0.1) is 0 Å². The maximum atomic E-state index is 11.8. The van der Waals surface area contributed by atoms with Crippen molar-refractivity contribution < 1.29 is 9.21 Å². The summed E-state index contributed by atoms with van der Waals surface area (Å²) in [5.41, 5.74) is 9.58. The zero-order valence-electron chi connectivity index (χ0n) is 13.6. The predicted octanol–water partition coefficient (Wildman–Crippen LogP) is 3.12. The van der Waals surface area contributed by atoms with Crippen LogP contribution < -0.4 is 16.7 Å². The number of hydrogen-bond donors (Lipinski definition) is 2. The van der Waals surface area contributed by atoms with Crippen LogP contribution in [0.25, 0.3) is 11.0 Å². The van der Waals surface area contributed by atoms with Gasteiger partial charge >= 0.3 is 5.63 Å². The fraction of sp³-hybridized carbons (Fsp3) is 0.158. The second-order valence-electron chi connectivity index (χ2n) is 5.84. The van der Waals surface area contributed by atoms with Gasteiger partial charge in [-0.15, -0.1) is 0 Å². The van der Waals surface area contributed by atoms with E-state index in [2.05, 4.69) is 5.32 Å². The standard InChI is InChI=1S/C19H18N2O3/c1-11-3-5-16-13(9-18(22)24-17(16)7-11)10-21-14-4-6-15(19(20)23)12(2)8-14/h3-9,21H,10H2,1-2H3,(H2,20,23). The Morgan fingerprint density at radius 2 is 1.92 bits per heavy atom. The molecule has 0 atom stereocenters. The topological polar surface area (TPSA) is 85.3 Å². The van der Waals surface area contributed by atoms with Crippen LogP contribution in [0.5, 0.6) is 0 Å². The summed E-state index contributed by atoms with van der Waals surface area (Å²) in [7, 11) is 0. The quantitative estimate of drug-likeness (QED) is 0.723. The van der Waals surface area contributed by atoms with E-state index in [1.165, 1.54) is 6.07 Å². The van der Waals surface area contributed by atoms with Crippen LogP contribution in [-0.4, -0.2) is 5.91 Å². The summed E-state index contributed by atoms with van der Waals surface area (Å²) in [6, 6.07) is 12.6. The molecular weight excluding hydrogens is 304 g/mol. The summed E-state index contributed by atoms with van der Waals surface area (Å²) in [5.74, 6) is -0.443. The summed E-state index contributed by atoms with van der Waals surface area (Å²) in [5, 5.41) is 4.17. The lowest BCUT2D eigenvalue weighted by molar-refractivity contribution is 0.0999. The van der Waals surface area contributed by atoms with E-state index in [9.17, 15) is 9.59 Å². The first-order chi connectivity index (χ1) is 11.4. The molecule has 1 aromatic heterocycles. The second-order valence-corrected chi connectivity index (χ2v) is 5.84. The lowest BCUT2D eigenvalue weighted by atomic mass is 10.1. The molecule has 5 nitrogen and oxygen atoms in total. The predicted molar refractivity (Wildman–Crippen MR) is 94.2 cm³/mol. The molecule has 0 bridgehead atoms. The molecule has 3 N–H and O–H groups in total. The molecule has 0 spiro atoms. The van der Waals surface area contributed by atoms with E-state index >= 15 is 0 Å². The molecule has 0 saturated heterocycles. The average molecular weight is 322 g/mol. The van der Waals surface area contributed by atoms with Gasteiger partial charge in [-0.1, -0.05) is 12.1 Å². The molecule has 0 fully saturated rings. The Hall–Kier alpha value is -3.08. The smallest absolute Gasteiger partial charge is 0.336 e. The number of nitrogens with one attached hydrogen (secondary N) is 1. The minimum absolute atomic E-state index is 0.370. The van der Waals surface area contributed by atoms with Crippen LogP contribution >= 0.6 is 0 Å². The van der Waals surface area contributed by atoms with Crippen molar-refractivity contribution in [3.8, 4) is 0 Å². The van der Waals surface area contributed by atoms with E-state index in [1.807, 2.05) is 38.1 Å². The molecule has 3 rings (SSSR count). The van der Waals surface area contributed by atoms with Crippen LogP contribution in [0.2, 0.25) is 0 Å². The largest absolute Gasteiger partial charge is 0.423 e. The number of rotatable bonds is 4. The number of carbonyl (C=O) groups is 1. The number of fused-ring (bicyclic) bond motifs is 1. The first-order valence-electron chi connectivity index (χ1n) is 7.62. The maximum Gasteiger partial charge on any atom is 0.336 e. The van der Waals surface area contributed by atoms with Crippen molar-refractivity contribution in [3.05, 3.63) is 75.1 Å². The summed E-state index contributed by atoms with van der Waals surface area (Å²) < 4.78 is 5.26. The van der Waals surface area contributed by atoms with Gasteiger partial charge in [-0.25, -0.2) is 4.79 Å². The number of amides is 1. The number of benzene rings is 2. The number of aryl methyl sites for hydroxylation is 2. The molecule has 24 heavy (non-hydrogen) atoms. The van der Waals surface area contributed by atoms with Gasteiger partial charge in [0.15, 0.2) is 0 Å². The third kappa shape index (κ3) is 3.15. The van der Waals surface area contributed by atoms with Crippen molar-refractivity contribution in [3.63, 3.8) is 0 Å². The van der Waals surface area contributed by atoms with Gasteiger partial charge in [0.2, 0.25) is 5.91 Å². The Morgan fingerprint density at radius 3 is 2.62 bits per heavy atom. The SMILES string of the molecule is Cc1ccc2c(CNc3ccc(C(N)=O)c(C)c3)cc(=O)oc2c1. The van der Waals surface area contributed by atoms with Crippen LogP contribution in [0.3, 0.4) is 0 Å². The highest BCUT2D eigenvalue weighted by molar-refractivity contribution is 5.94. The molecule has 5 heteroatoms. The number of hydrogen-bond acceptors (Lipinski definition) is 4. The minimum atomic E-state index is -0.443. The Kier molecular flexibility index (Phi) is 4.08. The second kappa shape index (κ2) is 6.20. The highest BCUT2D eigenvalue weighted by Crippen LogP contribution is 2.21. The molecule has 0 unspecified atom stereocenters. The molecule has 122 valence electrons. The summed E-state index contributed by atoms with van der Waals surface area (Å²) in [6.07, 6.45) is 0. The Labute approximate surface area is 139 Å². The molecule has 2 aromatic carbocycles. The molecule has 0 aliphatic carbocycles. The van der Waals surface area contributed by atoms with E-state index in [4.69, 9.17) is 10.2 Å². The molecule has 0 radical (unpaired) electrons. The molecule has 3 aromatic rings. The van der Waals surface area contributed by atoms with Gasteiger partial charge < -0.3 is 15.5 Å². The van der Waals surface area contributed by atoms with Gasteiger partial charge in [0.25, 0.3) is 0 Å². The van der Waals surface area contributed by atoms with Crippen molar-refractivity contribution in [2.45, 2.75) is 20.4 Å². The highest BCUT2D eigenvalue weighted by Gasteiger charge is 2.08. The fourth-order valence-corrected chi connectivity index (χ4v) is 2.73. The van der Waals surface area contributed by atoms with Gasteiger partial charge in [0.1, 0.15) is 5.58 Å². The number of anilines is 1. The summed E-state index contributed by atoms with van der Waals surface area (Å²) >= 11 is 0. The Balaban J connectivity index is 1.90. The lowest BCUT2D eigenvalue weighted by Gasteiger charge is -2.11. The number of nitrogens with two attached hydrogens (primary N) is 1. The zero-order chi connectivity index (χ0) is 17.3. The molecule has 0 aliphatic rings. The van der Waals surface area contributed by atoms with Crippen LogP contribution in [0.4, 0.5) is 5.69 Å². The van der Waals surface area contributed by atoms with Crippen molar-refractivity contribution in [2.24, 2.45) is 5.73 Å². The van der Waals surface area contributed by atoms with E-state index in [0.717, 1.165) is 27.8 Å². The van der Waals surface area contributed by atoms with Crippen molar-refractivity contribution >= 4 is 22.6 Å². The van der Waals surface area contributed by atoms with Crippen LogP contribution in [-0.2, 0) is 6.54 Å². The van der Waals surface area contributed by atoms with Gasteiger partial charge in [0, 0.05) is 29.2 Å². The van der Waals surface area contributed by atoms with Crippen molar-refractivity contribution in [2.75, 3.05) is 5.32 Å². The first-order valence-corrected chi connectivity index (χ1v) is 7.62. The third-order valence-electron chi connectivity index (χ3n) is 3.96. The first kappa shape index (κ1) is 15.8. The van der Waals surface area contributed by atoms with Crippen LogP contribution in [0.1, 0.15) is 27.0 Å². The third-order valence-corrected chi connectivity index (χ3v) is 3.96.